The summed E-state index contributed by atoms with van der Waals surface area (Å²) in [4.78, 5) is 0. The van der Waals surface area contributed by atoms with Crippen LogP contribution in [0.3, 0.4) is 0 Å². The van der Waals surface area contributed by atoms with Crippen molar-refractivity contribution in [3.8, 4) is 0 Å². The summed E-state index contributed by atoms with van der Waals surface area (Å²) in [6.45, 7) is 1.18. The third-order valence-corrected chi connectivity index (χ3v) is 2.46. The maximum atomic E-state index is 13.3. The van der Waals surface area contributed by atoms with Crippen LogP contribution in [-0.4, -0.2) is 20.3 Å². The van der Waals surface area contributed by atoms with E-state index in [4.69, 9.17) is 4.74 Å². The van der Waals surface area contributed by atoms with E-state index in [1.54, 1.807) is 7.11 Å². The summed E-state index contributed by atoms with van der Waals surface area (Å²) < 4.78 is 31.2. The molecule has 0 aliphatic rings. The summed E-state index contributed by atoms with van der Waals surface area (Å²) in [5, 5.41) is 2.87. The molecule has 1 aromatic carbocycles. The first-order valence-electron chi connectivity index (χ1n) is 4.52. The lowest BCUT2D eigenvalue weighted by atomic mass is 10.3. The van der Waals surface area contributed by atoms with Crippen LogP contribution in [0.2, 0.25) is 0 Å². The molecule has 0 heterocycles. The van der Waals surface area contributed by atoms with Gasteiger partial charge in [0.25, 0.3) is 0 Å². The fourth-order valence-corrected chi connectivity index (χ4v) is 1.69. The monoisotopic (exact) mass is 279 g/mol. The minimum atomic E-state index is -0.598. The van der Waals surface area contributed by atoms with Crippen molar-refractivity contribution in [3.63, 3.8) is 0 Å². The van der Waals surface area contributed by atoms with Crippen molar-refractivity contribution in [1.82, 2.24) is 0 Å². The van der Waals surface area contributed by atoms with Gasteiger partial charge in [-0.3, -0.25) is 0 Å². The van der Waals surface area contributed by atoms with E-state index in [9.17, 15) is 8.78 Å². The maximum absolute atomic E-state index is 13.3. The highest BCUT2D eigenvalue weighted by Gasteiger charge is 2.08. The molecule has 15 heavy (non-hydrogen) atoms. The molecular formula is C10H12BrF2NO. The molecule has 0 amide bonds. The summed E-state index contributed by atoms with van der Waals surface area (Å²) in [5.74, 6) is -1.19. The van der Waals surface area contributed by atoms with Gasteiger partial charge in [0.15, 0.2) is 0 Å². The van der Waals surface area contributed by atoms with Crippen LogP contribution in [0, 0.1) is 11.6 Å². The predicted molar refractivity (Wildman–Crippen MR) is 59.0 cm³/mol. The van der Waals surface area contributed by atoms with E-state index in [-0.39, 0.29) is 5.69 Å². The van der Waals surface area contributed by atoms with Crippen molar-refractivity contribution in [3.05, 3.63) is 28.2 Å². The Morgan fingerprint density at radius 2 is 2.13 bits per heavy atom. The normalized spacial score (nSPS) is 10.4. The first-order chi connectivity index (χ1) is 7.15. The van der Waals surface area contributed by atoms with Gasteiger partial charge < -0.3 is 10.1 Å². The molecule has 0 bridgehead atoms. The fourth-order valence-electron chi connectivity index (χ4n) is 1.14. The summed E-state index contributed by atoms with van der Waals surface area (Å²) >= 11 is 3.09. The van der Waals surface area contributed by atoms with Gasteiger partial charge in [-0.25, -0.2) is 8.78 Å². The summed E-state index contributed by atoms with van der Waals surface area (Å²) in [5.41, 5.74) is 0.285. The first-order valence-corrected chi connectivity index (χ1v) is 5.32. The van der Waals surface area contributed by atoms with E-state index in [1.165, 1.54) is 6.07 Å². The zero-order valence-electron chi connectivity index (χ0n) is 8.32. The van der Waals surface area contributed by atoms with Crippen molar-refractivity contribution in [2.45, 2.75) is 6.42 Å². The Balaban J connectivity index is 2.60. The lowest BCUT2D eigenvalue weighted by Gasteiger charge is -2.09. The van der Waals surface area contributed by atoms with E-state index < -0.39 is 11.6 Å². The summed E-state index contributed by atoms with van der Waals surface area (Å²) in [6.07, 6.45) is 0.764. The number of methoxy groups -OCH3 is 1. The number of nitrogens with one attached hydrogen (secondary N) is 1. The van der Waals surface area contributed by atoms with Gasteiger partial charge in [-0.15, -0.1) is 0 Å². The second-order valence-corrected chi connectivity index (χ2v) is 3.87. The molecule has 0 unspecified atom stereocenters. The number of anilines is 1. The second-order valence-electron chi connectivity index (χ2n) is 3.02. The van der Waals surface area contributed by atoms with Gasteiger partial charge in [-0.1, -0.05) is 0 Å². The molecule has 0 saturated carbocycles. The Hall–Kier alpha value is -0.680. The first kappa shape index (κ1) is 12.4. The lowest BCUT2D eigenvalue weighted by molar-refractivity contribution is 0.197. The quantitative estimate of drug-likeness (QED) is 0.836. The highest BCUT2D eigenvalue weighted by molar-refractivity contribution is 9.10. The average molecular weight is 280 g/mol. The van der Waals surface area contributed by atoms with Crippen LogP contribution in [0.25, 0.3) is 0 Å². The average Bonchev–Trinajstić information content (AvgIpc) is 2.15. The van der Waals surface area contributed by atoms with Gasteiger partial charge in [-0.2, -0.15) is 0 Å². The lowest BCUT2D eigenvalue weighted by Crippen LogP contribution is -2.07. The molecule has 0 aliphatic heterocycles. The number of ether oxygens (including phenoxy) is 1. The zero-order chi connectivity index (χ0) is 11.3. The zero-order valence-corrected chi connectivity index (χ0v) is 9.90. The largest absolute Gasteiger partial charge is 0.385 e. The third kappa shape index (κ3) is 3.76. The molecule has 0 aliphatic carbocycles. The molecule has 84 valence electrons. The van der Waals surface area contributed by atoms with Gasteiger partial charge in [0.1, 0.15) is 11.6 Å². The van der Waals surface area contributed by atoms with Crippen molar-refractivity contribution in [1.29, 1.82) is 0 Å². The van der Waals surface area contributed by atoms with Crippen LogP contribution in [0.1, 0.15) is 6.42 Å². The van der Waals surface area contributed by atoms with Crippen LogP contribution in [0.5, 0.6) is 0 Å². The molecule has 0 saturated heterocycles. The molecule has 0 fully saturated rings. The number of halogens is 3. The Kier molecular flexibility index (Phi) is 4.98. The highest BCUT2D eigenvalue weighted by atomic mass is 79.9. The molecule has 0 atom stereocenters. The van der Waals surface area contributed by atoms with Crippen LogP contribution >= 0.6 is 15.9 Å². The third-order valence-electron chi connectivity index (χ3n) is 1.83. The Labute approximate surface area is 95.8 Å². The van der Waals surface area contributed by atoms with Crippen molar-refractivity contribution in [2.24, 2.45) is 0 Å². The number of benzene rings is 1. The van der Waals surface area contributed by atoms with Crippen LogP contribution in [0.15, 0.2) is 16.6 Å². The second kappa shape index (κ2) is 6.02. The van der Waals surface area contributed by atoms with E-state index in [2.05, 4.69) is 21.2 Å². The van der Waals surface area contributed by atoms with Gasteiger partial charge >= 0.3 is 0 Å². The molecule has 0 aromatic heterocycles. The van der Waals surface area contributed by atoms with Gasteiger partial charge in [0.2, 0.25) is 0 Å². The Bertz CT molecular complexity index is 310. The predicted octanol–water partition coefficient (Wildman–Crippen LogP) is 3.18. The smallest absolute Gasteiger partial charge is 0.150 e. The van der Waals surface area contributed by atoms with Gasteiger partial charge in [-0.05, 0) is 28.4 Å². The summed E-state index contributed by atoms with van der Waals surface area (Å²) in [6, 6.07) is 2.07. The molecular weight excluding hydrogens is 268 g/mol. The highest BCUT2D eigenvalue weighted by Crippen LogP contribution is 2.26. The molecule has 5 heteroatoms. The van der Waals surface area contributed by atoms with E-state index >= 15 is 0 Å². The molecule has 0 radical (unpaired) electrons. The fraction of sp³-hybridized carbons (Fsp3) is 0.400. The summed E-state index contributed by atoms with van der Waals surface area (Å²) in [7, 11) is 1.61. The van der Waals surface area contributed by atoms with Crippen LogP contribution in [0.4, 0.5) is 14.5 Å². The molecule has 1 rings (SSSR count). The Morgan fingerprint density at radius 1 is 1.40 bits per heavy atom. The number of hydrogen-bond acceptors (Lipinski definition) is 2. The van der Waals surface area contributed by atoms with E-state index in [1.807, 2.05) is 0 Å². The molecule has 2 nitrogen and oxygen atoms in total. The Morgan fingerprint density at radius 3 is 2.73 bits per heavy atom. The maximum Gasteiger partial charge on any atom is 0.150 e. The van der Waals surface area contributed by atoms with Crippen LogP contribution < -0.4 is 5.32 Å². The van der Waals surface area contributed by atoms with Crippen molar-refractivity contribution >= 4 is 21.6 Å². The van der Waals surface area contributed by atoms with Crippen LogP contribution in [-0.2, 0) is 4.74 Å². The number of rotatable bonds is 5. The SMILES string of the molecule is COCCCNc1c(F)cc(F)cc1Br. The molecule has 1 N–H and O–H groups in total. The van der Waals surface area contributed by atoms with E-state index in [0.29, 0.717) is 17.6 Å². The minimum Gasteiger partial charge on any atom is -0.385 e. The van der Waals surface area contributed by atoms with E-state index in [0.717, 1.165) is 12.5 Å². The van der Waals surface area contributed by atoms with Gasteiger partial charge in [0.05, 0.1) is 5.69 Å². The topological polar surface area (TPSA) is 21.3 Å². The number of hydrogen-bond donors (Lipinski definition) is 1. The van der Waals surface area contributed by atoms with Crippen molar-refractivity contribution < 1.29 is 13.5 Å². The standard InChI is InChI=1S/C10H12BrF2NO/c1-15-4-2-3-14-10-8(11)5-7(12)6-9(10)13/h5-6,14H,2-4H2,1H3. The van der Waals surface area contributed by atoms with Crippen molar-refractivity contribution in [2.75, 3.05) is 25.6 Å². The molecule has 1 aromatic rings. The molecule has 0 spiro atoms. The minimum absolute atomic E-state index is 0.285. The van der Waals surface area contributed by atoms with Gasteiger partial charge in [0, 0.05) is 30.8 Å².